The first-order valence-electron chi connectivity index (χ1n) is 9.03. The number of hydrogen-bond acceptors (Lipinski definition) is 5. The highest BCUT2D eigenvalue weighted by Crippen LogP contribution is 2.32. The second kappa shape index (κ2) is 7.88. The fourth-order valence-corrected chi connectivity index (χ4v) is 4.33. The zero-order valence-electron chi connectivity index (χ0n) is 15.2. The number of amides is 1. The first kappa shape index (κ1) is 17.7. The molecule has 2 aromatic heterocycles. The van der Waals surface area contributed by atoms with Crippen molar-refractivity contribution in [2.75, 3.05) is 13.7 Å². The highest BCUT2D eigenvalue weighted by molar-refractivity contribution is 7.13. The van der Waals surface area contributed by atoms with Crippen molar-refractivity contribution in [1.29, 1.82) is 0 Å². The summed E-state index contributed by atoms with van der Waals surface area (Å²) in [6.45, 7) is 0.807. The first-order valence-corrected chi connectivity index (χ1v) is 9.91. The van der Waals surface area contributed by atoms with E-state index in [1.165, 1.54) is 0 Å². The minimum Gasteiger partial charge on any atom is -0.497 e. The van der Waals surface area contributed by atoms with Crippen molar-refractivity contribution in [3.63, 3.8) is 0 Å². The van der Waals surface area contributed by atoms with Crippen LogP contribution in [0.15, 0.2) is 54.2 Å². The maximum Gasteiger partial charge on any atom is 0.229 e. The molecule has 0 bridgehead atoms. The molecule has 3 aromatic rings. The Morgan fingerprint density at radius 2 is 2.00 bits per heavy atom. The van der Waals surface area contributed by atoms with Crippen LogP contribution in [0.5, 0.6) is 5.75 Å². The smallest absolute Gasteiger partial charge is 0.229 e. The zero-order valence-corrected chi connectivity index (χ0v) is 16.0. The van der Waals surface area contributed by atoms with E-state index in [0.717, 1.165) is 47.0 Å². The van der Waals surface area contributed by atoms with Gasteiger partial charge < -0.3 is 9.64 Å². The predicted molar refractivity (Wildman–Crippen MR) is 106 cm³/mol. The van der Waals surface area contributed by atoms with Crippen LogP contribution in [0.1, 0.15) is 30.1 Å². The van der Waals surface area contributed by atoms with Gasteiger partial charge in [0.15, 0.2) is 0 Å². The Morgan fingerprint density at radius 3 is 2.74 bits per heavy atom. The molecule has 0 saturated carbocycles. The highest BCUT2D eigenvalue weighted by atomic mass is 32.1. The van der Waals surface area contributed by atoms with Crippen molar-refractivity contribution in [3.05, 3.63) is 65.4 Å². The molecule has 1 fully saturated rings. The molecule has 3 heterocycles. The van der Waals surface area contributed by atoms with Crippen LogP contribution >= 0.6 is 11.3 Å². The summed E-state index contributed by atoms with van der Waals surface area (Å²) in [5.74, 6) is 0.961. The average Bonchev–Trinajstić information content (AvgIpc) is 3.38. The van der Waals surface area contributed by atoms with E-state index in [0.29, 0.717) is 6.42 Å². The fraction of sp³-hybridized carbons (Fsp3) is 0.286. The molecular formula is C21H21N3O2S. The molecule has 0 unspecified atom stereocenters. The van der Waals surface area contributed by atoms with E-state index >= 15 is 0 Å². The fourth-order valence-electron chi connectivity index (χ4n) is 3.51. The lowest BCUT2D eigenvalue weighted by molar-refractivity contribution is -0.131. The quantitative estimate of drug-likeness (QED) is 0.669. The lowest BCUT2D eigenvalue weighted by atomic mass is 10.1. The zero-order chi connectivity index (χ0) is 18.6. The summed E-state index contributed by atoms with van der Waals surface area (Å²) in [7, 11) is 1.65. The molecule has 5 nitrogen and oxygen atoms in total. The number of pyridine rings is 1. The molecule has 27 heavy (non-hydrogen) atoms. The van der Waals surface area contributed by atoms with Gasteiger partial charge in [-0.1, -0.05) is 0 Å². The lowest BCUT2D eigenvalue weighted by Crippen LogP contribution is -2.31. The molecule has 1 atom stereocenters. The molecule has 1 amide bonds. The maximum absolute atomic E-state index is 12.9. The molecule has 6 heteroatoms. The Labute approximate surface area is 162 Å². The Kier molecular flexibility index (Phi) is 5.16. The summed E-state index contributed by atoms with van der Waals surface area (Å²) in [6.07, 6.45) is 5.96. The van der Waals surface area contributed by atoms with Crippen LogP contribution in [0.2, 0.25) is 0 Å². The molecule has 0 aliphatic carbocycles. The van der Waals surface area contributed by atoms with E-state index in [9.17, 15) is 4.79 Å². The maximum atomic E-state index is 12.9. The van der Waals surface area contributed by atoms with Crippen LogP contribution in [-0.4, -0.2) is 34.4 Å². The van der Waals surface area contributed by atoms with Gasteiger partial charge in [-0.05, 0) is 54.8 Å². The summed E-state index contributed by atoms with van der Waals surface area (Å²) < 4.78 is 5.20. The van der Waals surface area contributed by atoms with E-state index in [1.807, 2.05) is 46.7 Å². The lowest BCUT2D eigenvalue weighted by Gasteiger charge is -2.24. The number of rotatable bonds is 5. The number of carbonyl (C=O) groups is 1. The normalized spacial score (nSPS) is 16.5. The number of likely N-dealkylation sites (tertiary alicyclic amines) is 1. The van der Waals surface area contributed by atoms with Crippen molar-refractivity contribution in [1.82, 2.24) is 14.9 Å². The average molecular weight is 379 g/mol. The molecule has 0 spiro atoms. The summed E-state index contributed by atoms with van der Waals surface area (Å²) in [4.78, 5) is 23.6. The second-order valence-electron chi connectivity index (χ2n) is 6.57. The van der Waals surface area contributed by atoms with E-state index in [1.54, 1.807) is 30.8 Å². The van der Waals surface area contributed by atoms with Gasteiger partial charge in [0.25, 0.3) is 0 Å². The van der Waals surface area contributed by atoms with E-state index in [2.05, 4.69) is 9.97 Å². The molecule has 1 aliphatic rings. The van der Waals surface area contributed by atoms with Gasteiger partial charge in [-0.3, -0.25) is 9.78 Å². The summed E-state index contributed by atoms with van der Waals surface area (Å²) >= 11 is 1.57. The van der Waals surface area contributed by atoms with Gasteiger partial charge in [0.2, 0.25) is 5.91 Å². The van der Waals surface area contributed by atoms with Gasteiger partial charge in [-0.15, -0.1) is 11.3 Å². The minimum atomic E-state index is 0.140. The monoisotopic (exact) mass is 379 g/mol. The van der Waals surface area contributed by atoms with Crippen LogP contribution in [0.3, 0.4) is 0 Å². The number of benzene rings is 1. The minimum absolute atomic E-state index is 0.140. The van der Waals surface area contributed by atoms with E-state index in [-0.39, 0.29) is 11.9 Å². The Hall–Kier alpha value is -2.73. The van der Waals surface area contributed by atoms with Crippen LogP contribution in [-0.2, 0) is 11.2 Å². The number of hydrogen-bond donors (Lipinski definition) is 0. The van der Waals surface area contributed by atoms with Crippen LogP contribution in [0, 0.1) is 0 Å². The predicted octanol–water partition coefficient (Wildman–Crippen LogP) is 4.12. The number of methoxy groups -OCH3 is 1. The van der Waals surface area contributed by atoms with Crippen molar-refractivity contribution in [2.45, 2.75) is 25.3 Å². The van der Waals surface area contributed by atoms with Gasteiger partial charge in [-0.25, -0.2) is 4.98 Å². The Bertz CT molecular complexity index is 909. The van der Waals surface area contributed by atoms with E-state index in [4.69, 9.17) is 4.74 Å². The molecule has 1 saturated heterocycles. The Balaban J connectivity index is 1.46. The van der Waals surface area contributed by atoms with Crippen LogP contribution in [0.25, 0.3) is 10.6 Å². The largest absolute Gasteiger partial charge is 0.497 e. The van der Waals surface area contributed by atoms with Crippen LogP contribution in [0.4, 0.5) is 0 Å². The van der Waals surface area contributed by atoms with Gasteiger partial charge in [0.1, 0.15) is 10.8 Å². The molecule has 0 radical (unpaired) electrons. The molecular weight excluding hydrogens is 358 g/mol. The summed E-state index contributed by atoms with van der Waals surface area (Å²) in [5.41, 5.74) is 3.03. The summed E-state index contributed by atoms with van der Waals surface area (Å²) in [5, 5.41) is 2.90. The third kappa shape index (κ3) is 3.85. The van der Waals surface area contributed by atoms with Crippen molar-refractivity contribution >= 4 is 17.2 Å². The third-order valence-electron chi connectivity index (χ3n) is 4.89. The number of ether oxygens (including phenoxy) is 1. The van der Waals surface area contributed by atoms with Crippen molar-refractivity contribution in [3.8, 4) is 16.3 Å². The Morgan fingerprint density at radius 1 is 1.22 bits per heavy atom. The SMILES string of the molecule is COc1ccc(-c2nc(CC(=O)N3CCC[C@H]3c3ccncc3)cs2)cc1. The molecule has 1 aliphatic heterocycles. The van der Waals surface area contributed by atoms with Gasteiger partial charge in [0, 0.05) is 29.9 Å². The van der Waals surface area contributed by atoms with Gasteiger partial charge >= 0.3 is 0 Å². The molecule has 1 aromatic carbocycles. The number of thiazole rings is 1. The molecule has 0 N–H and O–H groups in total. The van der Waals surface area contributed by atoms with E-state index < -0.39 is 0 Å². The molecule has 4 rings (SSSR count). The molecule has 138 valence electrons. The topological polar surface area (TPSA) is 55.3 Å². The highest BCUT2D eigenvalue weighted by Gasteiger charge is 2.30. The number of nitrogens with zero attached hydrogens (tertiary/aromatic N) is 3. The number of carbonyl (C=O) groups excluding carboxylic acids is 1. The summed E-state index contributed by atoms with van der Waals surface area (Å²) in [6, 6.07) is 12.0. The van der Waals surface area contributed by atoms with Crippen LogP contribution < -0.4 is 4.74 Å². The second-order valence-corrected chi connectivity index (χ2v) is 7.43. The number of aromatic nitrogens is 2. The standard InChI is InChI=1S/C21H21N3O2S/c1-26-18-6-4-16(5-7-18)21-23-17(14-27-21)13-20(25)24-12-2-3-19(24)15-8-10-22-11-9-15/h4-11,14,19H,2-3,12-13H2,1H3/t19-/m0/s1. The van der Waals surface area contributed by atoms with Crippen molar-refractivity contribution in [2.24, 2.45) is 0 Å². The van der Waals surface area contributed by atoms with Crippen molar-refractivity contribution < 1.29 is 9.53 Å². The van der Waals surface area contributed by atoms with Gasteiger partial charge in [-0.2, -0.15) is 0 Å². The first-order chi connectivity index (χ1) is 13.2. The third-order valence-corrected chi connectivity index (χ3v) is 5.83. The van der Waals surface area contributed by atoms with Gasteiger partial charge in [0.05, 0.1) is 25.3 Å².